The highest BCUT2D eigenvalue weighted by molar-refractivity contribution is 7.10. The SMILES string of the molecule is Cc1c(N)nsc1NC1(C(F)(F)F)CC1. The van der Waals surface area contributed by atoms with Crippen molar-refractivity contribution in [2.75, 3.05) is 11.1 Å². The molecule has 1 aliphatic rings. The van der Waals surface area contributed by atoms with Crippen molar-refractivity contribution in [2.24, 2.45) is 0 Å². The summed E-state index contributed by atoms with van der Waals surface area (Å²) in [6, 6.07) is 0. The van der Waals surface area contributed by atoms with Gasteiger partial charge in [0.15, 0.2) is 0 Å². The highest BCUT2D eigenvalue weighted by Crippen LogP contribution is 2.52. The number of halogens is 3. The summed E-state index contributed by atoms with van der Waals surface area (Å²) < 4.78 is 41.6. The normalized spacial score (nSPS) is 18.9. The first-order valence-electron chi connectivity index (χ1n) is 4.42. The maximum atomic E-state index is 12.6. The Hall–Kier alpha value is -0.980. The molecule has 1 heterocycles. The van der Waals surface area contributed by atoms with Crippen LogP contribution in [0.4, 0.5) is 24.0 Å². The van der Waals surface area contributed by atoms with Gasteiger partial charge in [0.25, 0.3) is 0 Å². The lowest BCUT2D eigenvalue weighted by molar-refractivity contribution is -0.151. The van der Waals surface area contributed by atoms with Gasteiger partial charge >= 0.3 is 6.18 Å². The number of hydrogen-bond donors (Lipinski definition) is 2. The van der Waals surface area contributed by atoms with Crippen LogP contribution in [-0.4, -0.2) is 16.1 Å². The maximum absolute atomic E-state index is 12.6. The molecule has 1 aromatic rings. The number of nitrogens with zero attached hydrogens (tertiary/aromatic N) is 1. The molecular weight excluding hydrogens is 227 g/mol. The first kappa shape index (κ1) is 10.5. The Kier molecular flexibility index (Phi) is 2.11. The summed E-state index contributed by atoms with van der Waals surface area (Å²) >= 11 is 0.973. The van der Waals surface area contributed by atoms with Crippen molar-refractivity contribution in [3.05, 3.63) is 5.56 Å². The molecule has 15 heavy (non-hydrogen) atoms. The number of aromatic nitrogens is 1. The Bertz CT molecular complexity index is 381. The number of rotatable bonds is 2. The van der Waals surface area contributed by atoms with Gasteiger partial charge in [-0.05, 0) is 31.3 Å². The zero-order chi connectivity index (χ0) is 11.3. The van der Waals surface area contributed by atoms with Crippen LogP contribution >= 0.6 is 11.5 Å². The second kappa shape index (κ2) is 3.01. The van der Waals surface area contributed by atoms with Crippen molar-refractivity contribution < 1.29 is 13.2 Å². The molecule has 0 radical (unpaired) electrons. The van der Waals surface area contributed by atoms with Crippen molar-refractivity contribution in [1.82, 2.24) is 4.37 Å². The molecule has 2 rings (SSSR count). The minimum absolute atomic E-state index is 0.119. The van der Waals surface area contributed by atoms with E-state index in [1.807, 2.05) is 0 Å². The number of anilines is 2. The summed E-state index contributed by atoms with van der Waals surface area (Å²) in [5.74, 6) is 0.292. The summed E-state index contributed by atoms with van der Waals surface area (Å²) in [5.41, 5.74) is 4.32. The third-order valence-corrected chi connectivity index (χ3v) is 3.48. The van der Waals surface area contributed by atoms with Crippen LogP contribution in [0.1, 0.15) is 18.4 Å². The fourth-order valence-electron chi connectivity index (χ4n) is 1.29. The third-order valence-electron chi connectivity index (χ3n) is 2.61. The molecular formula is C8H10F3N3S. The lowest BCUT2D eigenvalue weighted by Gasteiger charge is -2.20. The van der Waals surface area contributed by atoms with E-state index in [0.29, 0.717) is 16.4 Å². The van der Waals surface area contributed by atoms with E-state index >= 15 is 0 Å². The van der Waals surface area contributed by atoms with E-state index in [0.717, 1.165) is 11.5 Å². The molecule has 1 fully saturated rings. The van der Waals surface area contributed by atoms with Gasteiger partial charge in [0.05, 0.1) is 0 Å². The second-order valence-corrected chi connectivity index (χ2v) is 4.50. The number of alkyl halides is 3. The van der Waals surface area contributed by atoms with E-state index in [4.69, 9.17) is 5.73 Å². The average Bonchev–Trinajstić information content (AvgIpc) is 2.84. The van der Waals surface area contributed by atoms with E-state index in [9.17, 15) is 13.2 Å². The van der Waals surface area contributed by atoms with Crippen LogP contribution in [-0.2, 0) is 0 Å². The van der Waals surface area contributed by atoms with E-state index in [-0.39, 0.29) is 12.8 Å². The number of nitrogen functional groups attached to an aromatic ring is 1. The predicted octanol–water partition coefficient (Wildman–Crippen LogP) is 2.54. The van der Waals surface area contributed by atoms with Gasteiger partial charge in [-0.1, -0.05) is 0 Å². The lowest BCUT2D eigenvalue weighted by atomic mass is 10.2. The number of nitrogens with two attached hydrogens (primary N) is 1. The molecule has 7 heteroatoms. The molecule has 3 N–H and O–H groups in total. The van der Waals surface area contributed by atoms with E-state index < -0.39 is 11.7 Å². The number of nitrogens with one attached hydrogen (secondary N) is 1. The van der Waals surface area contributed by atoms with E-state index in [2.05, 4.69) is 9.69 Å². The number of hydrogen-bond acceptors (Lipinski definition) is 4. The van der Waals surface area contributed by atoms with Crippen molar-refractivity contribution in [3.8, 4) is 0 Å². The van der Waals surface area contributed by atoms with Crippen LogP contribution in [0.3, 0.4) is 0 Å². The van der Waals surface area contributed by atoms with Gasteiger partial charge in [0.1, 0.15) is 16.4 Å². The van der Waals surface area contributed by atoms with Gasteiger partial charge in [-0.15, -0.1) is 0 Å². The summed E-state index contributed by atoms with van der Waals surface area (Å²) in [7, 11) is 0. The highest BCUT2D eigenvalue weighted by Gasteiger charge is 2.63. The molecule has 1 saturated carbocycles. The van der Waals surface area contributed by atoms with Crippen LogP contribution in [0, 0.1) is 6.92 Å². The Balaban J connectivity index is 2.20. The van der Waals surface area contributed by atoms with Crippen LogP contribution in [0.25, 0.3) is 0 Å². The maximum Gasteiger partial charge on any atom is 0.411 e. The predicted molar refractivity (Wildman–Crippen MR) is 52.9 cm³/mol. The molecule has 0 bridgehead atoms. The topological polar surface area (TPSA) is 50.9 Å². The summed E-state index contributed by atoms with van der Waals surface area (Å²) in [5, 5.41) is 2.93. The van der Waals surface area contributed by atoms with Crippen molar-refractivity contribution in [2.45, 2.75) is 31.5 Å². The molecule has 0 amide bonds. The standard InChI is InChI=1S/C8H10F3N3S/c1-4-5(12)14-15-6(4)13-7(2-3-7)8(9,10)11/h13H,2-3H2,1H3,(H2,12,14). The second-order valence-electron chi connectivity index (χ2n) is 3.73. The zero-order valence-corrected chi connectivity index (χ0v) is 8.80. The molecule has 3 nitrogen and oxygen atoms in total. The van der Waals surface area contributed by atoms with Crippen molar-refractivity contribution in [3.63, 3.8) is 0 Å². The smallest absolute Gasteiger partial charge is 0.383 e. The van der Waals surface area contributed by atoms with Crippen LogP contribution in [0.2, 0.25) is 0 Å². The molecule has 84 valence electrons. The van der Waals surface area contributed by atoms with Crippen LogP contribution < -0.4 is 11.1 Å². The first-order valence-corrected chi connectivity index (χ1v) is 5.20. The fourth-order valence-corrected chi connectivity index (χ4v) is 2.10. The Morgan fingerprint density at radius 2 is 2.07 bits per heavy atom. The fraction of sp³-hybridized carbons (Fsp3) is 0.625. The average molecular weight is 237 g/mol. The van der Waals surface area contributed by atoms with Gasteiger partial charge in [-0.2, -0.15) is 17.5 Å². The zero-order valence-electron chi connectivity index (χ0n) is 7.98. The van der Waals surface area contributed by atoms with E-state index in [1.54, 1.807) is 6.92 Å². The van der Waals surface area contributed by atoms with Gasteiger partial charge < -0.3 is 11.1 Å². The quantitative estimate of drug-likeness (QED) is 0.831. The molecule has 1 aromatic heterocycles. The van der Waals surface area contributed by atoms with Gasteiger partial charge in [-0.3, -0.25) is 0 Å². The highest BCUT2D eigenvalue weighted by atomic mass is 32.1. The molecule has 0 atom stereocenters. The summed E-state index contributed by atoms with van der Waals surface area (Å²) in [6.07, 6.45) is -3.97. The van der Waals surface area contributed by atoms with Gasteiger partial charge in [0.2, 0.25) is 0 Å². The van der Waals surface area contributed by atoms with Crippen molar-refractivity contribution >= 4 is 22.4 Å². The van der Waals surface area contributed by atoms with Gasteiger partial charge in [0, 0.05) is 5.56 Å². The van der Waals surface area contributed by atoms with Crippen LogP contribution in [0.5, 0.6) is 0 Å². The van der Waals surface area contributed by atoms with Crippen LogP contribution in [0.15, 0.2) is 0 Å². The summed E-state index contributed by atoms with van der Waals surface area (Å²) in [4.78, 5) is 0. The molecule has 0 unspecified atom stereocenters. The Labute approximate surface area is 88.6 Å². The molecule has 0 saturated heterocycles. The first-order chi connectivity index (χ1) is 6.86. The largest absolute Gasteiger partial charge is 0.411 e. The molecule has 1 aliphatic carbocycles. The minimum Gasteiger partial charge on any atom is -0.383 e. The van der Waals surface area contributed by atoms with E-state index in [1.165, 1.54) is 0 Å². The molecule has 0 spiro atoms. The Morgan fingerprint density at radius 1 is 1.47 bits per heavy atom. The monoisotopic (exact) mass is 237 g/mol. The minimum atomic E-state index is -4.21. The molecule has 0 aliphatic heterocycles. The summed E-state index contributed by atoms with van der Waals surface area (Å²) in [6.45, 7) is 1.66. The third kappa shape index (κ3) is 1.64. The Morgan fingerprint density at radius 3 is 2.40 bits per heavy atom. The molecule has 0 aromatic carbocycles. The van der Waals surface area contributed by atoms with Crippen molar-refractivity contribution in [1.29, 1.82) is 0 Å². The van der Waals surface area contributed by atoms with Gasteiger partial charge in [-0.25, -0.2) is 0 Å². The lowest BCUT2D eigenvalue weighted by Crippen LogP contribution is -2.38.